The molecule has 26 heavy (non-hydrogen) atoms. The van der Waals surface area contributed by atoms with E-state index >= 15 is 0 Å². The molecule has 2 aromatic rings. The van der Waals surface area contributed by atoms with Crippen LogP contribution in [0.2, 0.25) is 0 Å². The second-order valence-electron chi connectivity index (χ2n) is 8.06. The van der Waals surface area contributed by atoms with E-state index in [2.05, 4.69) is 55.4 Å². The molecule has 7 nitrogen and oxygen atoms in total. The van der Waals surface area contributed by atoms with Crippen LogP contribution in [0.3, 0.4) is 0 Å². The number of para-hydroxylation sites is 1. The molecule has 1 aliphatic rings. The summed E-state index contributed by atoms with van der Waals surface area (Å²) < 4.78 is 7.65. The second-order valence-corrected chi connectivity index (χ2v) is 8.06. The average molecular weight is 361 g/mol. The topological polar surface area (TPSA) is 61.7 Å². The number of quaternary nitrogens is 2. The predicted molar refractivity (Wildman–Crippen MR) is 99.6 cm³/mol. The molecular formula is C19H32N6O+2. The number of nitrogens with zero attached hydrogens (tertiary/aromatic N) is 4. The molecule has 1 aliphatic heterocycles. The van der Waals surface area contributed by atoms with Crippen LogP contribution >= 0.6 is 0 Å². The predicted octanol–water partition coefficient (Wildman–Crippen LogP) is -0.671. The number of hydrogen-bond acceptors (Lipinski definition) is 4. The van der Waals surface area contributed by atoms with Crippen molar-refractivity contribution in [2.75, 3.05) is 39.8 Å². The number of likely N-dealkylation sites (N-methyl/N-ethyl adjacent to an activating group) is 1. The molecule has 0 saturated carbocycles. The van der Waals surface area contributed by atoms with Crippen LogP contribution in [0.5, 0.6) is 5.75 Å². The van der Waals surface area contributed by atoms with E-state index in [1.54, 1.807) is 12.0 Å². The fraction of sp³-hybridized carbons (Fsp3) is 0.632. The highest BCUT2D eigenvalue weighted by atomic mass is 16.5. The van der Waals surface area contributed by atoms with Crippen LogP contribution in [0.1, 0.15) is 45.1 Å². The molecule has 0 bridgehead atoms. The van der Waals surface area contributed by atoms with Gasteiger partial charge in [-0.2, -0.15) is 0 Å². The number of methoxy groups -OCH3 is 1. The quantitative estimate of drug-likeness (QED) is 0.743. The lowest BCUT2D eigenvalue weighted by molar-refractivity contribution is -1.02. The van der Waals surface area contributed by atoms with E-state index in [9.17, 15) is 0 Å². The molecule has 1 fully saturated rings. The van der Waals surface area contributed by atoms with Gasteiger partial charge in [-0.15, -0.1) is 5.10 Å². The summed E-state index contributed by atoms with van der Waals surface area (Å²) in [5, 5.41) is 12.8. The van der Waals surface area contributed by atoms with E-state index in [0.29, 0.717) is 0 Å². The van der Waals surface area contributed by atoms with Crippen LogP contribution < -0.4 is 14.5 Å². The fourth-order valence-corrected chi connectivity index (χ4v) is 3.87. The Morgan fingerprint density at radius 2 is 1.85 bits per heavy atom. The van der Waals surface area contributed by atoms with E-state index in [-0.39, 0.29) is 11.6 Å². The monoisotopic (exact) mass is 360 g/mol. The average Bonchev–Trinajstić information content (AvgIpc) is 3.13. The van der Waals surface area contributed by atoms with Crippen LogP contribution in [0.4, 0.5) is 0 Å². The summed E-state index contributed by atoms with van der Waals surface area (Å²) in [6, 6.07) is 8.33. The number of rotatable bonds is 5. The summed E-state index contributed by atoms with van der Waals surface area (Å²) >= 11 is 0. The maximum Gasteiger partial charge on any atom is 0.214 e. The van der Waals surface area contributed by atoms with Crippen molar-refractivity contribution >= 4 is 0 Å². The smallest absolute Gasteiger partial charge is 0.214 e. The molecule has 2 N–H and O–H groups in total. The number of ether oxygens (including phenoxy) is 1. The van der Waals surface area contributed by atoms with Gasteiger partial charge in [0.1, 0.15) is 31.9 Å². The lowest BCUT2D eigenvalue weighted by Crippen LogP contribution is -3.28. The highest BCUT2D eigenvalue weighted by Crippen LogP contribution is 2.28. The molecule has 1 atom stereocenters. The first-order valence-electron chi connectivity index (χ1n) is 9.55. The van der Waals surface area contributed by atoms with E-state index in [1.807, 2.05) is 16.8 Å². The molecule has 0 amide bonds. The number of benzene rings is 1. The van der Waals surface area contributed by atoms with Crippen molar-refractivity contribution < 1.29 is 14.5 Å². The minimum Gasteiger partial charge on any atom is -0.496 e. The van der Waals surface area contributed by atoms with Crippen LogP contribution in [0.25, 0.3) is 0 Å². The zero-order valence-corrected chi connectivity index (χ0v) is 16.6. The Balaban J connectivity index is 2.05. The number of aromatic nitrogens is 4. The third-order valence-electron chi connectivity index (χ3n) is 5.34. The number of piperazine rings is 1. The molecule has 0 aliphatic carbocycles. The van der Waals surface area contributed by atoms with E-state index in [4.69, 9.17) is 4.74 Å². The number of tetrazole rings is 1. The molecule has 3 rings (SSSR count). The van der Waals surface area contributed by atoms with E-state index < -0.39 is 0 Å². The lowest BCUT2D eigenvalue weighted by atomic mass is 10.0. The molecule has 0 radical (unpaired) electrons. The minimum atomic E-state index is -0.172. The van der Waals surface area contributed by atoms with Crippen LogP contribution in [-0.4, -0.2) is 60.0 Å². The van der Waals surface area contributed by atoms with Crippen LogP contribution in [0, 0.1) is 0 Å². The van der Waals surface area contributed by atoms with Crippen molar-refractivity contribution in [1.29, 1.82) is 0 Å². The van der Waals surface area contributed by atoms with Crippen molar-refractivity contribution in [2.45, 2.75) is 39.3 Å². The Morgan fingerprint density at radius 1 is 1.15 bits per heavy atom. The second kappa shape index (κ2) is 7.72. The third kappa shape index (κ3) is 3.73. The van der Waals surface area contributed by atoms with Crippen molar-refractivity contribution in [1.82, 2.24) is 20.2 Å². The molecule has 7 heteroatoms. The highest BCUT2D eigenvalue weighted by Gasteiger charge is 2.38. The Kier molecular flexibility index (Phi) is 5.58. The zero-order valence-electron chi connectivity index (χ0n) is 16.6. The first-order valence-corrected chi connectivity index (χ1v) is 9.55. The zero-order chi connectivity index (χ0) is 18.7. The minimum absolute atomic E-state index is 0.0683. The Labute approximate surface area is 155 Å². The summed E-state index contributed by atoms with van der Waals surface area (Å²) in [6.07, 6.45) is 0. The summed E-state index contributed by atoms with van der Waals surface area (Å²) in [5.41, 5.74) is 0.986. The largest absolute Gasteiger partial charge is 0.496 e. The summed E-state index contributed by atoms with van der Waals surface area (Å²) in [7, 11) is 1.73. The Hall–Kier alpha value is -1.99. The molecule has 0 unspecified atom stereocenters. The van der Waals surface area contributed by atoms with Gasteiger partial charge in [0, 0.05) is 0 Å². The fourth-order valence-electron chi connectivity index (χ4n) is 3.87. The molecule has 2 heterocycles. The molecule has 0 spiro atoms. The van der Waals surface area contributed by atoms with Gasteiger partial charge in [0.15, 0.2) is 6.04 Å². The maximum absolute atomic E-state index is 5.69. The Bertz CT molecular complexity index is 715. The van der Waals surface area contributed by atoms with Gasteiger partial charge in [-0.3, -0.25) is 0 Å². The van der Waals surface area contributed by atoms with Crippen molar-refractivity contribution in [2.24, 2.45) is 0 Å². The molecule has 1 aromatic heterocycles. The first-order chi connectivity index (χ1) is 12.5. The molecule has 142 valence electrons. The number of nitrogens with one attached hydrogen (secondary N) is 2. The number of hydrogen-bond donors (Lipinski definition) is 2. The Morgan fingerprint density at radius 3 is 2.46 bits per heavy atom. The van der Waals surface area contributed by atoms with Crippen LogP contribution in [-0.2, 0) is 5.54 Å². The molecule has 1 saturated heterocycles. The first kappa shape index (κ1) is 18.8. The van der Waals surface area contributed by atoms with Gasteiger partial charge in [0.05, 0.1) is 24.8 Å². The normalized spacial score (nSPS) is 22.2. The van der Waals surface area contributed by atoms with E-state index in [1.165, 1.54) is 24.5 Å². The van der Waals surface area contributed by atoms with Gasteiger partial charge in [-0.05, 0) is 50.3 Å². The lowest BCUT2D eigenvalue weighted by Gasteiger charge is -2.35. The van der Waals surface area contributed by atoms with Crippen molar-refractivity contribution in [3.63, 3.8) is 0 Å². The van der Waals surface area contributed by atoms with Gasteiger partial charge >= 0.3 is 0 Å². The van der Waals surface area contributed by atoms with Gasteiger partial charge in [0.2, 0.25) is 5.82 Å². The molecular weight excluding hydrogens is 328 g/mol. The summed E-state index contributed by atoms with van der Waals surface area (Å²) in [4.78, 5) is 3.18. The standard InChI is InChI=1S/C19H30N6O/c1-6-23-11-13-24(14-12-23)17(15-9-7-8-10-16(15)26-5)18-20-21-22-25(18)19(2,3)4/h7-10,17H,6,11-14H2,1-5H3/p+2/t17-/m1/s1. The highest BCUT2D eigenvalue weighted by molar-refractivity contribution is 5.37. The van der Waals surface area contributed by atoms with Crippen molar-refractivity contribution in [3.8, 4) is 5.75 Å². The summed E-state index contributed by atoms with van der Waals surface area (Å²) in [6.45, 7) is 14.4. The third-order valence-corrected chi connectivity index (χ3v) is 5.34. The van der Waals surface area contributed by atoms with Gasteiger partial charge in [-0.1, -0.05) is 12.1 Å². The summed E-state index contributed by atoms with van der Waals surface area (Å²) in [5.74, 6) is 1.82. The molecule has 1 aromatic carbocycles. The maximum atomic E-state index is 5.69. The van der Waals surface area contributed by atoms with Gasteiger partial charge < -0.3 is 14.5 Å². The SMILES string of the molecule is CC[NH+]1CC[NH+]([C@H](c2ccccc2OC)c2nnnn2C(C)(C)C)CC1. The van der Waals surface area contributed by atoms with Crippen molar-refractivity contribution in [3.05, 3.63) is 35.7 Å². The van der Waals surface area contributed by atoms with Gasteiger partial charge in [0.25, 0.3) is 0 Å². The van der Waals surface area contributed by atoms with Gasteiger partial charge in [-0.25, -0.2) is 4.68 Å². The van der Waals surface area contributed by atoms with E-state index in [0.717, 1.165) is 30.2 Å². The van der Waals surface area contributed by atoms with Crippen LogP contribution in [0.15, 0.2) is 24.3 Å².